The van der Waals surface area contributed by atoms with Gasteiger partial charge in [0.1, 0.15) is 24.9 Å². The molecule has 0 saturated carbocycles. The van der Waals surface area contributed by atoms with E-state index in [1.165, 1.54) is 19.2 Å². The molecule has 1 aromatic heterocycles. The third-order valence-electron chi connectivity index (χ3n) is 12.3. The minimum absolute atomic E-state index is 0.0163. The minimum atomic E-state index is -0.994. The highest BCUT2D eigenvalue weighted by Crippen LogP contribution is 2.37. The van der Waals surface area contributed by atoms with Crippen LogP contribution in [0.2, 0.25) is 0 Å². The monoisotopic (exact) mass is 1020 g/mol. The zero-order valence-electron chi connectivity index (χ0n) is 40.2. The van der Waals surface area contributed by atoms with E-state index in [1.807, 2.05) is 43.0 Å². The highest BCUT2D eigenvalue weighted by atomic mass is 32.2. The van der Waals surface area contributed by atoms with E-state index in [0.29, 0.717) is 69.7 Å². The third kappa shape index (κ3) is 15.3. The van der Waals surface area contributed by atoms with Gasteiger partial charge in [-0.3, -0.25) is 29.5 Å². The molecule has 0 bridgehead atoms. The van der Waals surface area contributed by atoms with Gasteiger partial charge in [-0.05, 0) is 62.6 Å². The van der Waals surface area contributed by atoms with E-state index in [2.05, 4.69) is 57.1 Å². The summed E-state index contributed by atoms with van der Waals surface area (Å²) in [5.74, 6) is 0.738. The maximum absolute atomic E-state index is 13.4. The van der Waals surface area contributed by atoms with Gasteiger partial charge in [0.25, 0.3) is 5.69 Å². The first-order valence-electron chi connectivity index (χ1n) is 24.0. The zero-order chi connectivity index (χ0) is 51.0. The van der Waals surface area contributed by atoms with Crippen LogP contribution in [0.3, 0.4) is 0 Å². The van der Waals surface area contributed by atoms with Crippen molar-refractivity contribution in [1.82, 2.24) is 41.9 Å². The first-order valence-corrected chi connectivity index (χ1v) is 25.1. The van der Waals surface area contributed by atoms with Crippen LogP contribution in [0.15, 0.2) is 51.6 Å². The van der Waals surface area contributed by atoms with Gasteiger partial charge in [-0.25, -0.2) is 14.6 Å². The summed E-state index contributed by atoms with van der Waals surface area (Å²) in [7, 11) is 1.36. The summed E-state index contributed by atoms with van der Waals surface area (Å²) >= 11 is 1.82. The van der Waals surface area contributed by atoms with Gasteiger partial charge in [-0.2, -0.15) is 27.0 Å². The predicted octanol–water partition coefficient (Wildman–Crippen LogP) is 4.58. The van der Waals surface area contributed by atoms with Crippen LogP contribution < -0.4 is 51.8 Å². The summed E-state index contributed by atoms with van der Waals surface area (Å²) < 4.78 is 22.6. The molecule has 4 aliphatic heterocycles. The van der Waals surface area contributed by atoms with Crippen molar-refractivity contribution < 1.29 is 47.8 Å². The number of fused-ring (bicyclic) bond motifs is 2. The number of nitrogens with one attached hydrogen (secondary N) is 6. The molecule has 4 aliphatic rings. The largest absolute Gasteiger partial charge is 0.493 e. The number of nitro groups is 1. The molecule has 2 aromatic carbocycles. The number of ether oxygens (including phenoxy) is 4. The van der Waals surface area contributed by atoms with Crippen LogP contribution in [-0.4, -0.2) is 113 Å². The molecule has 3 aromatic rings. The molecular formula is C47H61N13O11S. The average Bonchev–Trinajstić information content (AvgIpc) is 3.60. The molecule has 24 nitrogen and oxygen atoms in total. The number of aromatic nitrogens is 2. The molecule has 25 heteroatoms. The van der Waals surface area contributed by atoms with Crippen molar-refractivity contribution in [2.75, 3.05) is 38.3 Å². The van der Waals surface area contributed by atoms with Gasteiger partial charge >= 0.3 is 12.1 Å². The summed E-state index contributed by atoms with van der Waals surface area (Å²) in [6, 6.07) is 9.11. The van der Waals surface area contributed by atoms with E-state index in [9.17, 15) is 34.1 Å². The number of alkyl carbamates (subject to hydrolysis) is 1. The molecule has 0 spiro atoms. The van der Waals surface area contributed by atoms with Crippen LogP contribution >= 0.6 is 11.8 Å². The van der Waals surface area contributed by atoms with Crippen molar-refractivity contribution in [3.05, 3.63) is 68.9 Å². The Morgan fingerprint density at radius 3 is 2.47 bits per heavy atom. The fraction of sp³-hybridized carbons (Fsp3) is 0.532. The SMILES string of the molecule is COc1cc(COC(=O)NC(CCCCNC(=O)CCC2(C)N=N2)C(=O)NCCCCC2SCC3NC(=O)NC32)c([N+](=O)[O-])cc1OCCCC(=O)NCc1ccc(COc2nc(N)nc3c2N=CC3)cc1. The number of nitrogen functional groups attached to an aromatic ring is 1. The topological polar surface area (TPSA) is 326 Å². The molecule has 72 heavy (non-hydrogen) atoms. The number of rotatable bonds is 29. The van der Waals surface area contributed by atoms with Crippen molar-refractivity contribution >= 4 is 65.1 Å². The lowest BCUT2D eigenvalue weighted by molar-refractivity contribution is -0.385. The fourth-order valence-corrected chi connectivity index (χ4v) is 9.76. The number of hydrogen-bond donors (Lipinski definition) is 7. The van der Waals surface area contributed by atoms with E-state index in [4.69, 9.17) is 24.7 Å². The molecule has 386 valence electrons. The number of methoxy groups -OCH3 is 1. The number of unbranched alkanes of at least 4 members (excludes halogenated alkanes) is 2. The molecule has 2 saturated heterocycles. The van der Waals surface area contributed by atoms with Gasteiger partial charge in [0, 0.05) is 62.5 Å². The number of amides is 6. The number of aliphatic imine (C=N–C) groups is 1. The number of hydrogen-bond acceptors (Lipinski definition) is 18. The van der Waals surface area contributed by atoms with Crippen LogP contribution in [0, 0.1) is 10.1 Å². The fourth-order valence-electron chi connectivity index (χ4n) is 8.22. The molecule has 2 fully saturated rings. The molecule has 5 heterocycles. The van der Waals surface area contributed by atoms with E-state index < -0.39 is 40.9 Å². The number of anilines is 1. The Balaban J connectivity index is 0.836. The first kappa shape index (κ1) is 52.5. The molecule has 6 amide bonds. The van der Waals surface area contributed by atoms with Crippen molar-refractivity contribution in [1.29, 1.82) is 0 Å². The van der Waals surface area contributed by atoms with Crippen LogP contribution in [0.5, 0.6) is 17.4 Å². The van der Waals surface area contributed by atoms with E-state index in [1.54, 1.807) is 6.21 Å². The number of nitrogens with two attached hydrogens (primary N) is 1. The Morgan fingerprint density at radius 1 is 0.931 bits per heavy atom. The van der Waals surface area contributed by atoms with Gasteiger partial charge in [0.05, 0.1) is 48.0 Å². The Morgan fingerprint density at radius 2 is 1.69 bits per heavy atom. The third-order valence-corrected chi connectivity index (χ3v) is 13.8. The van der Waals surface area contributed by atoms with Crippen LogP contribution in [0.4, 0.5) is 26.9 Å². The molecule has 0 radical (unpaired) electrons. The maximum atomic E-state index is 13.4. The molecule has 7 rings (SSSR count). The standard InChI is InChI=1S/C47H61N13O11S/c1-47(58-59-47)17-15-39(62)49-18-5-3-8-32(42(63)51-19-6-4-9-37-40-33(27-72-37)54-45(64)56-40)55-46(65)71-26-30-22-35(68-2)36(23-34(30)60(66)67)69-21-7-10-38(61)52-24-28-11-13-29(14-12-28)25-70-43-41-31(16-20-50-41)53-44(48)57-43/h11-14,20,22-23,32-33,37,40H,3-10,15-19,21,24-27H2,1-2H3,(H,49,62)(H,51,63)(H,52,61)(H,55,65)(H2,48,53,57)(H2,54,56,64). The van der Waals surface area contributed by atoms with E-state index in [0.717, 1.165) is 35.4 Å². The second-order valence-electron chi connectivity index (χ2n) is 17.9. The maximum Gasteiger partial charge on any atom is 0.408 e. The highest BCUT2D eigenvalue weighted by Gasteiger charge is 2.42. The molecular weight excluding hydrogens is 955 g/mol. The van der Waals surface area contributed by atoms with E-state index >= 15 is 0 Å². The molecule has 8 N–H and O–H groups in total. The van der Waals surface area contributed by atoms with E-state index in [-0.39, 0.29) is 90.7 Å². The van der Waals surface area contributed by atoms with Gasteiger partial charge in [0.2, 0.25) is 29.5 Å². The summed E-state index contributed by atoms with van der Waals surface area (Å²) in [6.07, 6.45) is 6.17. The Kier molecular flexibility index (Phi) is 18.4. The number of nitro benzene ring substituents is 1. The summed E-state index contributed by atoms with van der Waals surface area (Å²) in [4.78, 5) is 87.5. The van der Waals surface area contributed by atoms with Crippen LogP contribution in [-0.2, 0) is 45.3 Å². The number of carbonyl (C=O) groups excluding carboxylic acids is 5. The summed E-state index contributed by atoms with van der Waals surface area (Å²) in [5, 5.41) is 37.5. The molecule has 0 aliphatic carbocycles. The quantitative estimate of drug-likeness (QED) is 0.0217. The average molecular weight is 1020 g/mol. The van der Waals surface area contributed by atoms with Gasteiger partial charge in [-0.1, -0.05) is 30.7 Å². The lowest BCUT2D eigenvalue weighted by Crippen LogP contribution is -2.47. The number of nitrogens with zero attached hydrogens (tertiary/aromatic N) is 6. The number of urea groups is 1. The smallest absolute Gasteiger partial charge is 0.408 e. The second kappa shape index (κ2) is 25.2. The van der Waals surface area contributed by atoms with Crippen LogP contribution in [0.25, 0.3) is 0 Å². The van der Waals surface area contributed by atoms with Gasteiger partial charge in [-0.15, -0.1) is 0 Å². The minimum Gasteiger partial charge on any atom is -0.493 e. The van der Waals surface area contributed by atoms with Gasteiger partial charge < -0.3 is 56.6 Å². The van der Waals surface area contributed by atoms with Crippen molar-refractivity contribution in [3.63, 3.8) is 0 Å². The molecule has 4 unspecified atom stereocenters. The highest BCUT2D eigenvalue weighted by molar-refractivity contribution is 8.00. The lowest BCUT2D eigenvalue weighted by Gasteiger charge is -2.19. The Hall–Kier alpha value is -7.31. The zero-order valence-corrected chi connectivity index (χ0v) is 41.1. The normalized spacial score (nSPS) is 17.9. The van der Waals surface area contributed by atoms with Gasteiger partial charge in [0.15, 0.2) is 17.2 Å². The lowest BCUT2D eigenvalue weighted by atomic mass is 10.0. The first-order chi connectivity index (χ1) is 34.8. The predicted molar refractivity (Wildman–Crippen MR) is 264 cm³/mol. The molecule has 4 atom stereocenters. The Labute approximate surface area is 419 Å². The summed E-state index contributed by atoms with van der Waals surface area (Å²) in [6.45, 7) is 2.63. The summed E-state index contributed by atoms with van der Waals surface area (Å²) in [5.41, 5.74) is 8.01. The van der Waals surface area contributed by atoms with Crippen LogP contribution in [0.1, 0.15) is 93.5 Å². The number of thioether (sulfide) groups is 1. The van der Waals surface area contributed by atoms with Crippen molar-refractivity contribution in [3.8, 4) is 17.4 Å². The number of carbonyl (C=O) groups is 5. The Bertz CT molecular complexity index is 2510. The van der Waals surface area contributed by atoms with Crippen molar-refractivity contribution in [2.45, 2.75) is 126 Å². The number of benzene rings is 2. The second-order valence-corrected chi connectivity index (χ2v) is 19.1. The van der Waals surface area contributed by atoms with Crippen molar-refractivity contribution in [2.24, 2.45) is 15.2 Å².